The van der Waals surface area contributed by atoms with E-state index in [9.17, 15) is 24.5 Å². The topological polar surface area (TPSA) is 141 Å². The van der Waals surface area contributed by atoms with Crippen LogP contribution < -0.4 is 14.8 Å². The van der Waals surface area contributed by atoms with Crippen molar-refractivity contribution < 1.29 is 28.8 Å². The fourth-order valence-corrected chi connectivity index (χ4v) is 4.47. The molecule has 0 spiro atoms. The molecule has 0 aliphatic carbocycles. The highest BCUT2D eigenvalue weighted by atomic mass is 79.9. The molecule has 188 valence electrons. The highest BCUT2D eigenvalue weighted by Gasteiger charge is 2.36. The van der Waals surface area contributed by atoms with Crippen LogP contribution in [0.25, 0.3) is 6.08 Å². The lowest BCUT2D eigenvalue weighted by atomic mass is 10.2. The summed E-state index contributed by atoms with van der Waals surface area (Å²) in [6.07, 6.45) is 2.84. The Morgan fingerprint density at radius 2 is 1.97 bits per heavy atom. The van der Waals surface area contributed by atoms with Crippen molar-refractivity contribution in [3.63, 3.8) is 0 Å². The molecule has 0 radical (unpaired) electrons. The van der Waals surface area contributed by atoms with Crippen LogP contribution in [0.1, 0.15) is 5.56 Å². The second-order valence-electron chi connectivity index (χ2n) is 7.39. The highest BCUT2D eigenvalue weighted by Crippen LogP contribution is 2.37. The molecule has 1 N–H and O–H groups in total. The molecule has 2 heterocycles. The lowest BCUT2D eigenvalue weighted by Crippen LogP contribution is -2.36. The number of ether oxygens (including phenoxy) is 2. The number of nitrogens with zero attached hydrogens (tertiary/aromatic N) is 3. The Morgan fingerprint density at radius 1 is 1.19 bits per heavy atom. The summed E-state index contributed by atoms with van der Waals surface area (Å²) in [4.78, 5) is 53.2. The summed E-state index contributed by atoms with van der Waals surface area (Å²) in [5.74, 6) is -0.956. The van der Waals surface area contributed by atoms with Crippen molar-refractivity contribution in [2.45, 2.75) is 0 Å². The number of imide groups is 1. The van der Waals surface area contributed by atoms with Gasteiger partial charge in [-0.05, 0) is 69.7 Å². The van der Waals surface area contributed by atoms with Crippen LogP contribution in [-0.4, -0.2) is 45.5 Å². The van der Waals surface area contributed by atoms with E-state index in [1.165, 1.54) is 43.6 Å². The van der Waals surface area contributed by atoms with Gasteiger partial charge in [-0.25, -0.2) is 4.98 Å². The first kappa shape index (κ1) is 25.9. The van der Waals surface area contributed by atoms with Gasteiger partial charge < -0.3 is 14.8 Å². The number of nitro groups is 1. The van der Waals surface area contributed by atoms with Crippen molar-refractivity contribution in [1.82, 2.24) is 9.88 Å². The van der Waals surface area contributed by atoms with Crippen LogP contribution in [0.15, 0.2) is 70.2 Å². The van der Waals surface area contributed by atoms with Gasteiger partial charge in [-0.15, -0.1) is 0 Å². The molecule has 1 fully saturated rings. The average Bonchev–Trinajstić information content (AvgIpc) is 3.13. The minimum absolute atomic E-state index is 0.120. The molecule has 1 saturated heterocycles. The van der Waals surface area contributed by atoms with Crippen LogP contribution in [0.5, 0.6) is 17.4 Å². The summed E-state index contributed by atoms with van der Waals surface area (Å²) in [5, 5.41) is 13.3. The molecule has 1 aliphatic rings. The lowest BCUT2D eigenvalue weighted by molar-refractivity contribution is -0.386. The van der Waals surface area contributed by atoms with E-state index < -0.39 is 28.5 Å². The summed E-state index contributed by atoms with van der Waals surface area (Å²) in [7, 11) is 1.39. The molecule has 11 nitrogen and oxygen atoms in total. The van der Waals surface area contributed by atoms with Gasteiger partial charge in [-0.2, -0.15) is 0 Å². The average molecular weight is 585 g/mol. The Hall–Kier alpha value is -4.23. The second kappa shape index (κ2) is 11.2. The zero-order valence-electron chi connectivity index (χ0n) is 19.0. The van der Waals surface area contributed by atoms with E-state index in [1.807, 2.05) is 0 Å². The van der Waals surface area contributed by atoms with Gasteiger partial charge in [0.15, 0.2) is 11.5 Å². The Balaban J connectivity index is 1.49. The number of methoxy groups -OCH3 is 1. The first-order valence-electron chi connectivity index (χ1n) is 10.5. The second-order valence-corrected chi connectivity index (χ2v) is 9.24. The maximum Gasteiger partial charge on any atom is 0.331 e. The van der Waals surface area contributed by atoms with Gasteiger partial charge in [0.1, 0.15) is 6.54 Å². The van der Waals surface area contributed by atoms with Crippen LogP contribution in [0.4, 0.5) is 16.2 Å². The number of carbonyl (C=O) groups is 3. The van der Waals surface area contributed by atoms with E-state index in [0.717, 1.165) is 4.90 Å². The number of carbonyl (C=O) groups excluding carboxylic acids is 3. The third-order valence-electron chi connectivity index (χ3n) is 4.96. The van der Waals surface area contributed by atoms with Gasteiger partial charge in [-0.1, -0.05) is 18.2 Å². The van der Waals surface area contributed by atoms with E-state index in [0.29, 0.717) is 27.5 Å². The number of rotatable bonds is 8. The maximum absolute atomic E-state index is 12.8. The molecule has 0 atom stereocenters. The molecule has 0 saturated carbocycles. The van der Waals surface area contributed by atoms with Gasteiger partial charge in [-0.3, -0.25) is 29.4 Å². The van der Waals surface area contributed by atoms with Crippen LogP contribution in [-0.2, 0) is 9.59 Å². The van der Waals surface area contributed by atoms with Crippen LogP contribution in [0.3, 0.4) is 0 Å². The fraction of sp³-hybridized carbons (Fsp3) is 0.0833. The number of anilines is 1. The molecule has 3 amide bonds. The Kier molecular flexibility index (Phi) is 7.84. The smallest absolute Gasteiger partial charge is 0.331 e. The van der Waals surface area contributed by atoms with Crippen LogP contribution in [0, 0.1) is 10.1 Å². The van der Waals surface area contributed by atoms with Gasteiger partial charge >= 0.3 is 5.69 Å². The molecule has 2 aromatic carbocycles. The number of para-hydroxylation sites is 1. The van der Waals surface area contributed by atoms with Crippen molar-refractivity contribution >= 4 is 62.2 Å². The molecule has 37 heavy (non-hydrogen) atoms. The Bertz CT molecular complexity index is 1450. The SMILES string of the molecule is COc1cc(/C=C2\SC(=O)N(CC(=O)Nc3ccccc3Br)C2=O)ccc1Oc1ncccc1[N+](=O)[O-]. The van der Waals surface area contributed by atoms with E-state index in [4.69, 9.17) is 9.47 Å². The van der Waals surface area contributed by atoms with E-state index >= 15 is 0 Å². The van der Waals surface area contributed by atoms with Crippen LogP contribution >= 0.6 is 27.7 Å². The Labute approximate surface area is 222 Å². The number of nitrogens with one attached hydrogen (secondary N) is 1. The van der Waals surface area contributed by atoms with Crippen molar-refractivity contribution in [3.05, 3.63) is 85.8 Å². The summed E-state index contributed by atoms with van der Waals surface area (Å²) < 4.78 is 11.6. The normalized spacial score (nSPS) is 14.1. The van der Waals surface area contributed by atoms with Gasteiger partial charge in [0.05, 0.1) is 22.6 Å². The number of hydrogen-bond acceptors (Lipinski definition) is 9. The molecule has 0 bridgehead atoms. The minimum Gasteiger partial charge on any atom is -0.493 e. The number of benzene rings is 2. The zero-order chi connectivity index (χ0) is 26.5. The Morgan fingerprint density at radius 3 is 2.70 bits per heavy atom. The predicted molar refractivity (Wildman–Crippen MR) is 139 cm³/mol. The fourth-order valence-electron chi connectivity index (χ4n) is 3.25. The number of hydrogen-bond donors (Lipinski definition) is 1. The van der Waals surface area contributed by atoms with Crippen molar-refractivity contribution in [2.24, 2.45) is 0 Å². The van der Waals surface area contributed by atoms with E-state index in [-0.39, 0.29) is 28.0 Å². The van der Waals surface area contributed by atoms with Gasteiger partial charge in [0.2, 0.25) is 5.91 Å². The predicted octanol–water partition coefficient (Wildman–Crippen LogP) is 5.23. The number of aromatic nitrogens is 1. The maximum atomic E-state index is 12.8. The molecule has 13 heteroatoms. The lowest BCUT2D eigenvalue weighted by Gasteiger charge is -2.13. The van der Waals surface area contributed by atoms with Gasteiger partial charge in [0, 0.05) is 16.7 Å². The van der Waals surface area contributed by atoms with Gasteiger partial charge in [0.25, 0.3) is 17.0 Å². The minimum atomic E-state index is -0.613. The highest BCUT2D eigenvalue weighted by molar-refractivity contribution is 9.10. The van der Waals surface area contributed by atoms with E-state index in [1.54, 1.807) is 30.3 Å². The molecule has 1 aromatic heterocycles. The number of thioether (sulfide) groups is 1. The molecular formula is C24H17BrN4O7S. The largest absolute Gasteiger partial charge is 0.493 e. The summed E-state index contributed by atoms with van der Waals surface area (Å²) >= 11 is 4.03. The third kappa shape index (κ3) is 5.95. The molecular weight excluding hydrogens is 568 g/mol. The standard InChI is InChI=1S/C24H17BrN4O7S/c1-35-19-11-14(8-9-18(19)36-22-17(29(33)34)7-4-10-26-22)12-20-23(31)28(24(32)37-20)13-21(30)27-16-6-3-2-5-15(16)25/h2-12H,13H2,1H3,(H,27,30)/b20-12-. The van der Waals surface area contributed by atoms with Crippen LogP contribution in [0.2, 0.25) is 0 Å². The molecule has 3 aromatic rings. The third-order valence-corrected chi connectivity index (χ3v) is 6.56. The van der Waals surface area contributed by atoms with Crippen molar-refractivity contribution in [3.8, 4) is 17.4 Å². The number of pyridine rings is 1. The quantitative estimate of drug-likeness (QED) is 0.214. The van der Waals surface area contributed by atoms with E-state index in [2.05, 4.69) is 26.2 Å². The number of halogens is 1. The first-order chi connectivity index (χ1) is 17.8. The first-order valence-corrected chi connectivity index (χ1v) is 12.1. The molecule has 4 rings (SSSR count). The van der Waals surface area contributed by atoms with Crippen molar-refractivity contribution in [2.75, 3.05) is 19.0 Å². The molecule has 0 unspecified atom stereocenters. The number of amides is 3. The summed E-state index contributed by atoms with van der Waals surface area (Å²) in [6.45, 7) is -0.442. The monoisotopic (exact) mass is 584 g/mol. The zero-order valence-corrected chi connectivity index (χ0v) is 21.4. The summed E-state index contributed by atoms with van der Waals surface area (Å²) in [6, 6.07) is 14.3. The molecule has 1 aliphatic heterocycles. The summed E-state index contributed by atoms with van der Waals surface area (Å²) in [5.41, 5.74) is 0.703. The van der Waals surface area contributed by atoms with Crippen molar-refractivity contribution in [1.29, 1.82) is 0 Å².